The third kappa shape index (κ3) is 4.55. The number of amides is 1. The van der Waals surface area contributed by atoms with Gasteiger partial charge in [0.15, 0.2) is 11.5 Å². The van der Waals surface area contributed by atoms with Crippen LogP contribution in [0.4, 0.5) is 0 Å². The molecule has 3 rings (SSSR count). The summed E-state index contributed by atoms with van der Waals surface area (Å²) < 4.78 is 15.9. The third-order valence-corrected chi connectivity index (χ3v) is 5.07. The molecule has 0 spiro atoms. The first kappa shape index (κ1) is 23.1. The highest BCUT2D eigenvalue weighted by Gasteiger charge is 2.46. The molecule has 8 heteroatoms. The standard InChI is InChI=1S/C24H27NO7/c1-14(2)32-17-7-5-6-16(12-17)22(27)20-21(15-8-9-19(31-4)18(26)13-15)25(10-11-30-3)24(29)23(20)28/h5-9,12-14,21,26-27H,10-11H2,1-4H3/b22-20-. The second-order valence-corrected chi connectivity index (χ2v) is 7.61. The molecule has 0 aliphatic carbocycles. The molecule has 1 atom stereocenters. The number of rotatable bonds is 8. The maximum Gasteiger partial charge on any atom is 0.295 e. The minimum absolute atomic E-state index is 0.0719. The minimum Gasteiger partial charge on any atom is -0.507 e. The maximum atomic E-state index is 13.0. The lowest BCUT2D eigenvalue weighted by molar-refractivity contribution is -0.140. The van der Waals surface area contributed by atoms with Gasteiger partial charge in [-0.1, -0.05) is 18.2 Å². The molecule has 0 bridgehead atoms. The first-order chi connectivity index (χ1) is 15.3. The molecule has 1 heterocycles. The van der Waals surface area contributed by atoms with Gasteiger partial charge in [0.2, 0.25) is 0 Å². The number of carbonyl (C=O) groups is 2. The summed E-state index contributed by atoms with van der Waals surface area (Å²) in [5.41, 5.74) is 0.725. The van der Waals surface area contributed by atoms with Crippen LogP contribution in [0.15, 0.2) is 48.0 Å². The number of aliphatic hydroxyl groups is 1. The van der Waals surface area contributed by atoms with E-state index in [0.29, 0.717) is 16.9 Å². The molecule has 8 nitrogen and oxygen atoms in total. The van der Waals surface area contributed by atoms with Gasteiger partial charge < -0.3 is 29.3 Å². The van der Waals surface area contributed by atoms with E-state index in [0.717, 1.165) is 0 Å². The molecule has 170 valence electrons. The summed E-state index contributed by atoms with van der Waals surface area (Å²) in [6, 6.07) is 10.4. The Balaban J connectivity index is 2.15. The van der Waals surface area contributed by atoms with Gasteiger partial charge in [0.05, 0.1) is 31.4 Å². The maximum absolute atomic E-state index is 13.0. The lowest BCUT2D eigenvalue weighted by Crippen LogP contribution is -2.32. The lowest BCUT2D eigenvalue weighted by Gasteiger charge is -2.25. The van der Waals surface area contributed by atoms with Crippen LogP contribution in [0.2, 0.25) is 0 Å². The highest BCUT2D eigenvalue weighted by atomic mass is 16.5. The fourth-order valence-electron chi connectivity index (χ4n) is 3.67. The molecule has 32 heavy (non-hydrogen) atoms. The van der Waals surface area contributed by atoms with Gasteiger partial charge >= 0.3 is 0 Å². The van der Waals surface area contributed by atoms with Gasteiger partial charge in [0.1, 0.15) is 11.5 Å². The Morgan fingerprint density at radius 3 is 2.50 bits per heavy atom. The second-order valence-electron chi connectivity index (χ2n) is 7.61. The average molecular weight is 441 g/mol. The molecular formula is C24H27NO7. The molecule has 1 aliphatic rings. The van der Waals surface area contributed by atoms with Crippen molar-refractivity contribution in [2.24, 2.45) is 0 Å². The highest BCUT2D eigenvalue weighted by molar-refractivity contribution is 6.46. The molecule has 0 aromatic heterocycles. The zero-order valence-electron chi connectivity index (χ0n) is 18.5. The molecule has 0 saturated carbocycles. The summed E-state index contributed by atoms with van der Waals surface area (Å²) in [5.74, 6) is -1.25. The molecular weight excluding hydrogens is 414 g/mol. The van der Waals surface area contributed by atoms with Crippen LogP contribution in [0.25, 0.3) is 5.76 Å². The Morgan fingerprint density at radius 2 is 1.88 bits per heavy atom. The number of ether oxygens (including phenoxy) is 3. The minimum atomic E-state index is -0.906. The van der Waals surface area contributed by atoms with E-state index in [1.807, 2.05) is 13.8 Å². The number of hydrogen-bond donors (Lipinski definition) is 2. The summed E-state index contributed by atoms with van der Waals surface area (Å²) in [6.45, 7) is 4.09. The molecule has 2 aromatic rings. The van der Waals surface area contributed by atoms with Gasteiger partial charge in [-0.05, 0) is 43.7 Å². The fourth-order valence-corrected chi connectivity index (χ4v) is 3.67. The van der Waals surface area contributed by atoms with Crippen LogP contribution in [0.1, 0.15) is 31.0 Å². The Morgan fingerprint density at radius 1 is 1.12 bits per heavy atom. The van der Waals surface area contributed by atoms with Crippen molar-refractivity contribution in [3.63, 3.8) is 0 Å². The number of methoxy groups -OCH3 is 2. The van der Waals surface area contributed by atoms with E-state index < -0.39 is 17.7 Å². The van der Waals surface area contributed by atoms with Gasteiger partial charge in [-0.25, -0.2) is 0 Å². The van der Waals surface area contributed by atoms with Crippen LogP contribution in [-0.2, 0) is 14.3 Å². The molecule has 1 saturated heterocycles. The molecule has 0 radical (unpaired) electrons. The highest BCUT2D eigenvalue weighted by Crippen LogP contribution is 2.41. The van der Waals surface area contributed by atoms with Crippen molar-refractivity contribution >= 4 is 17.4 Å². The van der Waals surface area contributed by atoms with Crippen molar-refractivity contribution in [2.45, 2.75) is 26.0 Å². The van der Waals surface area contributed by atoms with Gasteiger partial charge in [-0.15, -0.1) is 0 Å². The van der Waals surface area contributed by atoms with E-state index in [1.54, 1.807) is 30.3 Å². The number of benzene rings is 2. The van der Waals surface area contributed by atoms with Crippen LogP contribution in [-0.4, -0.2) is 60.3 Å². The van der Waals surface area contributed by atoms with Crippen molar-refractivity contribution in [1.82, 2.24) is 4.90 Å². The number of carbonyl (C=O) groups excluding carboxylic acids is 2. The monoisotopic (exact) mass is 441 g/mol. The van der Waals surface area contributed by atoms with Crippen molar-refractivity contribution in [3.8, 4) is 17.2 Å². The molecule has 1 unspecified atom stereocenters. The van der Waals surface area contributed by atoms with E-state index >= 15 is 0 Å². The predicted octanol–water partition coefficient (Wildman–Crippen LogP) is 3.26. The zero-order valence-corrected chi connectivity index (χ0v) is 18.5. The van der Waals surface area contributed by atoms with E-state index in [1.165, 1.54) is 31.3 Å². The van der Waals surface area contributed by atoms with Crippen molar-refractivity contribution in [3.05, 3.63) is 59.2 Å². The van der Waals surface area contributed by atoms with E-state index in [2.05, 4.69) is 0 Å². The molecule has 1 fully saturated rings. The summed E-state index contributed by atoms with van der Waals surface area (Å²) >= 11 is 0. The summed E-state index contributed by atoms with van der Waals surface area (Å²) in [7, 11) is 2.91. The molecule has 1 amide bonds. The van der Waals surface area contributed by atoms with Crippen molar-refractivity contribution in [1.29, 1.82) is 0 Å². The Hall–Kier alpha value is -3.52. The number of aliphatic hydroxyl groups excluding tert-OH is 1. The van der Waals surface area contributed by atoms with Crippen LogP contribution in [0.3, 0.4) is 0 Å². The van der Waals surface area contributed by atoms with Crippen LogP contribution in [0.5, 0.6) is 17.2 Å². The zero-order chi connectivity index (χ0) is 23.4. The second kappa shape index (κ2) is 9.74. The van der Waals surface area contributed by atoms with Crippen molar-refractivity contribution in [2.75, 3.05) is 27.4 Å². The van der Waals surface area contributed by atoms with Crippen LogP contribution < -0.4 is 9.47 Å². The van der Waals surface area contributed by atoms with Crippen LogP contribution in [0, 0.1) is 0 Å². The van der Waals surface area contributed by atoms with Crippen LogP contribution >= 0.6 is 0 Å². The first-order valence-corrected chi connectivity index (χ1v) is 10.2. The largest absolute Gasteiger partial charge is 0.507 e. The summed E-state index contributed by atoms with van der Waals surface area (Å²) in [4.78, 5) is 27.1. The van der Waals surface area contributed by atoms with E-state index in [9.17, 15) is 19.8 Å². The fraction of sp³-hybridized carbons (Fsp3) is 0.333. The van der Waals surface area contributed by atoms with Crippen molar-refractivity contribution < 1.29 is 34.0 Å². The number of nitrogens with zero attached hydrogens (tertiary/aromatic N) is 1. The smallest absolute Gasteiger partial charge is 0.295 e. The molecule has 2 aromatic carbocycles. The Labute approximate surface area is 186 Å². The van der Waals surface area contributed by atoms with Gasteiger partial charge in [-0.3, -0.25) is 9.59 Å². The Bertz CT molecular complexity index is 1040. The first-order valence-electron chi connectivity index (χ1n) is 10.2. The average Bonchev–Trinajstić information content (AvgIpc) is 3.01. The number of aromatic hydroxyl groups is 1. The lowest BCUT2D eigenvalue weighted by atomic mass is 9.95. The number of ketones is 1. The summed E-state index contributed by atoms with van der Waals surface area (Å²) in [6.07, 6.45) is -0.0747. The number of phenols is 1. The third-order valence-electron chi connectivity index (χ3n) is 5.07. The van der Waals surface area contributed by atoms with Gasteiger partial charge in [0.25, 0.3) is 11.7 Å². The topological polar surface area (TPSA) is 106 Å². The number of likely N-dealkylation sites (tertiary alicyclic amines) is 1. The number of Topliss-reactive ketones (excluding diaryl/α,β-unsaturated/α-hetero) is 1. The SMILES string of the molecule is COCCN1C(=O)C(=O)/C(=C(\O)c2cccc(OC(C)C)c2)C1c1ccc(OC)c(O)c1. The molecule has 1 aliphatic heterocycles. The Kier molecular flexibility index (Phi) is 7.05. The number of hydrogen-bond acceptors (Lipinski definition) is 7. The normalized spacial score (nSPS) is 17.8. The van der Waals surface area contributed by atoms with E-state index in [-0.39, 0.29) is 42.1 Å². The quantitative estimate of drug-likeness (QED) is 0.368. The summed E-state index contributed by atoms with van der Waals surface area (Å²) in [5, 5.41) is 21.4. The molecule has 2 N–H and O–H groups in total. The predicted molar refractivity (Wildman–Crippen MR) is 118 cm³/mol. The number of phenolic OH excluding ortho intramolecular Hbond substituents is 1. The van der Waals surface area contributed by atoms with Gasteiger partial charge in [-0.2, -0.15) is 0 Å². The van der Waals surface area contributed by atoms with E-state index in [4.69, 9.17) is 14.2 Å². The van der Waals surface area contributed by atoms with Gasteiger partial charge in [0, 0.05) is 19.2 Å².